The Morgan fingerprint density at radius 3 is 2.65 bits per heavy atom. The number of nitrogens with zero attached hydrogens (tertiary/aromatic N) is 3. The molecule has 1 atom stereocenters. The lowest BCUT2D eigenvalue weighted by atomic mass is 9.99. The lowest BCUT2D eigenvalue weighted by molar-refractivity contribution is -0.134. The third-order valence-corrected chi connectivity index (χ3v) is 5.75. The predicted octanol–water partition coefficient (Wildman–Crippen LogP) is 3.03. The number of amides is 1. The van der Waals surface area contributed by atoms with Crippen LogP contribution in [-0.4, -0.2) is 47.4 Å². The first kappa shape index (κ1) is 20.9. The second kappa shape index (κ2) is 9.20. The summed E-state index contributed by atoms with van der Waals surface area (Å²) in [5.74, 6) is 1.36. The molecule has 1 aliphatic heterocycles. The molecule has 1 saturated heterocycles. The zero-order valence-electron chi connectivity index (χ0n) is 17.9. The number of aryl methyl sites for hydroxylation is 1. The Hall–Kier alpha value is -3.35. The number of hydrogen-bond acceptors (Lipinski definition) is 5. The van der Waals surface area contributed by atoms with Crippen LogP contribution in [-0.2, 0) is 11.3 Å². The molecule has 4 rings (SSSR count). The first-order chi connectivity index (χ1) is 15.1. The van der Waals surface area contributed by atoms with Gasteiger partial charge in [0.25, 0.3) is 5.56 Å². The molecule has 1 amide bonds. The number of likely N-dealkylation sites (tertiary alicyclic amines) is 1. The van der Waals surface area contributed by atoms with Gasteiger partial charge in [0.15, 0.2) is 0 Å². The molecule has 2 aromatic carbocycles. The summed E-state index contributed by atoms with van der Waals surface area (Å²) in [5.41, 5.74) is 0.808. The zero-order valence-corrected chi connectivity index (χ0v) is 17.9. The van der Waals surface area contributed by atoms with Crippen LogP contribution in [0.3, 0.4) is 0 Å². The van der Waals surface area contributed by atoms with Crippen molar-refractivity contribution in [1.82, 2.24) is 14.7 Å². The SMILES string of the molecule is COc1nn(CC(=O)N2CCC[C@H](COc3ccccc3C)C2)c(=O)c2ccccc12. The molecule has 0 unspecified atom stereocenters. The van der Waals surface area contributed by atoms with Gasteiger partial charge >= 0.3 is 0 Å². The fourth-order valence-electron chi connectivity index (χ4n) is 4.04. The maximum Gasteiger partial charge on any atom is 0.275 e. The van der Waals surface area contributed by atoms with Crippen molar-refractivity contribution < 1.29 is 14.3 Å². The van der Waals surface area contributed by atoms with Crippen LogP contribution in [0.2, 0.25) is 0 Å². The Labute approximate surface area is 181 Å². The Kier molecular flexibility index (Phi) is 6.21. The van der Waals surface area contributed by atoms with E-state index in [4.69, 9.17) is 9.47 Å². The molecule has 1 aliphatic rings. The van der Waals surface area contributed by atoms with Crippen LogP contribution in [0.4, 0.5) is 0 Å². The number of aromatic nitrogens is 2. The summed E-state index contributed by atoms with van der Waals surface area (Å²) in [4.78, 5) is 27.6. The van der Waals surface area contributed by atoms with Crippen molar-refractivity contribution in [2.75, 3.05) is 26.8 Å². The highest BCUT2D eigenvalue weighted by Crippen LogP contribution is 2.22. The van der Waals surface area contributed by atoms with Crippen molar-refractivity contribution in [1.29, 1.82) is 0 Å². The summed E-state index contributed by atoms with van der Waals surface area (Å²) in [6, 6.07) is 15.1. The van der Waals surface area contributed by atoms with E-state index in [1.807, 2.05) is 42.2 Å². The Morgan fingerprint density at radius 1 is 1.13 bits per heavy atom. The van der Waals surface area contributed by atoms with Gasteiger partial charge in [-0.25, -0.2) is 4.68 Å². The van der Waals surface area contributed by atoms with Crippen LogP contribution < -0.4 is 15.0 Å². The smallest absolute Gasteiger partial charge is 0.275 e. The van der Waals surface area contributed by atoms with E-state index in [0.29, 0.717) is 36.3 Å². The molecule has 2 heterocycles. The first-order valence-corrected chi connectivity index (χ1v) is 10.6. The monoisotopic (exact) mass is 421 g/mol. The first-order valence-electron chi connectivity index (χ1n) is 10.6. The molecule has 7 nitrogen and oxygen atoms in total. The molecule has 0 saturated carbocycles. The van der Waals surface area contributed by atoms with Gasteiger partial charge in [-0.15, -0.1) is 5.10 Å². The highest BCUT2D eigenvalue weighted by Gasteiger charge is 2.25. The number of hydrogen-bond donors (Lipinski definition) is 0. The molecule has 0 aliphatic carbocycles. The minimum Gasteiger partial charge on any atom is -0.493 e. The highest BCUT2D eigenvalue weighted by atomic mass is 16.5. The van der Waals surface area contributed by atoms with E-state index in [-0.39, 0.29) is 23.9 Å². The number of carbonyl (C=O) groups is 1. The summed E-state index contributed by atoms with van der Waals surface area (Å²) < 4.78 is 12.5. The van der Waals surface area contributed by atoms with E-state index in [0.717, 1.165) is 24.2 Å². The minimum absolute atomic E-state index is 0.106. The average molecular weight is 421 g/mol. The van der Waals surface area contributed by atoms with Gasteiger partial charge in [-0.2, -0.15) is 0 Å². The molecular weight excluding hydrogens is 394 g/mol. The lowest BCUT2D eigenvalue weighted by Gasteiger charge is -2.32. The van der Waals surface area contributed by atoms with Crippen molar-refractivity contribution in [2.45, 2.75) is 26.3 Å². The van der Waals surface area contributed by atoms with Gasteiger partial charge in [-0.1, -0.05) is 30.3 Å². The van der Waals surface area contributed by atoms with Crippen LogP contribution in [0, 0.1) is 12.8 Å². The van der Waals surface area contributed by atoms with Gasteiger partial charge in [0.2, 0.25) is 11.8 Å². The standard InChI is InChI=1S/C24H27N3O4/c1-17-8-3-6-12-21(17)31-16-18-9-7-13-26(14-18)22(28)15-27-24(29)20-11-5-4-10-19(20)23(25-27)30-2/h3-6,8,10-12,18H,7,9,13-16H2,1-2H3/t18-/m0/s1. The molecule has 0 N–H and O–H groups in total. The molecule has 1 fully saturated rings. The number of methoxy groups -OCH3 is 1. The minimum atomic E-state index is -0.291. The third kappa shape index (κ3) is 4.55. The topological polar surface area (TPSA) is 73.7 Å². The number of benzene rings is 2. The lowest BCUT2D eigenvalue weighted by Crippen LogP contribution is -2.44. The molecule has 3 aromatic rings. The fourth-order valence-corrected chi connectivity index (χ4v) is 4.04. The predicted molar refractivity (Wildman–Crippen MR) is 119 cm³/mol. The van der Waals surface area contributed by atoms with E-state index in [9.17, 15) is 9.59 Å². The maximum absolute atomic E-state index is 13.0. The van der Waals surface area contributed by atoms with Gasteiger partial charge in [0.1, 0.15) is 12.3 Å². The largest absolute Gasteiger partial charge is 0.493 e. The van der Waals surface area contributed by atoms with Crippen LogP contribution in [0.1, 0.15) is 18.4 Å². The Balaban J connectivity index is 1.44. The number of para-hydroxylation sites is 1. The number of ether oxygens (including phenoxy) is 2. The van der Waals surface area contributed by atoms with Gasteiger partial charge < -0.3 is 14.4 Å². The second-order valence-electron chi connectivity index (χ2n) is 7.94. The number of carbonyl (C=O) groups excluding carboxylic acids is 1. The van der Waals surface area contributed by atoms with Crippen molar-refractivity contribution in [3.05, 3.63) is 64.4 Å². The fraction of sp³-hybridized carbons (Fsp3) is 0.375. The Morgan fingerprint density at radius 2 is 1.87 bits per heavy atom. The molecule has 7 heteroatoms. The van der Waals surface area contributed by atoms with Gasteiger partial charge in [0, 0.05) is 19.0 Å². The zero-order chi connectivity index (χ0) is 21.8. The third-order valence-electron chi connectivity index (χ3n) is 5.75. The summed E-state index contributed by atoms with van der Waals surface area (Å²) >= 11 is 0. The van der Waals surface area contributed by atoms with Gasteiger partial charge in [-0.3, -0.25) is 9.59 Å². The Bertz CT molecular complexity index is 1140. The normalized spacial score (nSPS) is 16.3. The molecule has 0 bridgehead atoms. The van der Waals surface area contributed by atoms with E-state index in [2.05, 4.69) is 5.10 Å². The summed E-state index contributed by atoms with van der Waals surface area (Å²) in [6.07, 6.45) is 1.93. The van der Waals surface area contributed by atoms with E-state index in [1.165, 1.54) is 11.8 Å². The molecule has 0 spiro atoms. The summed E-state index contributed by atoms with van der Waals surface area (Å²) in [6.45, 7) is 3.78. The van der Waals surface area contributed by atoms with Crippen molar-refractivity contribution in [3.8, 4) is 11.6 Å². The van der Waals surface area contributed by atoms with Crippen LogP contribution in [0.25, 0.3) is 10.8 Å². The molecule has 162 valence electrons. The van der Waals surface area contributed by atoms with Crippen LogP contribution in [0.15, 0.2) is 53.3 Å². The number of piperidine rings is 1. The summed E-state index contributed by atoms with van der Waals surface area (Å²) in [5, 5.41) is 5.40. The van der Waals surface area contributed by atoms with Crippen LogP contribution >= 0.6 is 0 Å². The molecule has 0 radical (unpaired) electrons. The molecule has 1 aromatic heterocycles. The number of rotatable bonds is 6. The summed E-state index contributed by atoms with van der Waals surface area (Å²) in [7, 11) is 1.51. The van der Waals surface area contributed by atoms with Crippen molar-refractivity contribution in [3.63, 3.8) is 0 Å². The van der Waals surface area contributed by atoms with E-state index in [1.54, 1.807) is 18.2 Å². The van der Waals surface area contributed by atoms with Gasteiger partial charge in [0.05, 0.1) is 24.5 Å². The second-order valence-corrected chi connectivity index (χ2v) is 7.94. The van der Waals surface area contributed by atoms with Crippen molar-refractivity contribution >= 4 is 16.7 Å². The molecule has 31 heavy (non-hydrogen) atoms. The van der Waals surface area contributed by atoms with Gasteiger partial charge in [-0.05, 0) is 43.5 Å². The highest BCUT2D eigenvalue weighted by molar-refractivity contribution is 5.86. The quantitative estimate of drug-likeness (QED) is 0.612. The molecular formula is C24H27N3O4. The van der Waals surface area contributed by atoms with Crippen molar-refractivity contribution in [2.24, 2.45) is 5.92 Å². The van der Waals surface area contributed by atoms with E-state index < -0.39 is 0 Å². The van der Waals surface area contributed by atoms with Crippen LogP contribution in [0.5, 0.6) is 11.6 Å². The maximum atomic E-state index is 13.0. The number of fused-ring (bicyclic) bond motifs is 1. The average Bonchev–Trinajstić information content (AvgIpc) is 2.80. The van der Waals surface area contributed by atoms with E-state index >= 15 is 0 Å².